The molecule has 108 valence electrons. The van der Waals surface area contributed by atoms with Gasteiger partial charge in [-0.2, -0.15) is 0 Å². The third-order valence-electron chi connectivity index (χ3n) is 3.60. The number of hydrogen-bond acceptors (Lipinski definition) is 4. The molecule has 1 aliphatic carbocycles. The Balaban J connectivity index is 1.90. The zero-order chi connectivity index (χ0) is 14.8. The molecule has 1 fully saturated rings. The van der Waals surface area contributed by atoms with E-state index in [0.29, 0.717) is 16.8 Å². The van der Waals surface area contributed by atoms with Crippen LogP contribution in [0.4, 0.5) is 11.5 Å². The molecule has 5 nitrogen and oxygen atoms in total. The number of anilines is 1. The Bertz CT molecular complexity index is 656. The molecule has 1 aliphatic rings. The van der Waals surface area contributed by atoms with Gasteiger partial charge in [0.2, 0.25) is 5.82 Å². The maximum Gasteiger partial charge on any atom is 0.311 e. The smallest absolute Gasteiger partial charge is 0.311 e. The van der Waals surface area contributed by atoms with Gasteiger partial charge in [-0.05, 0) is 42.5 Å². The molecule has 0 radical (unpaired) electrons. The molecule has 0 amide bonds. The zero-order valence-corrected chi connectivity index (χ0v) is 12.0. The largest absolute Gasteiger partial charge is 0.357 e. The summed E-state index contributed by atoms with van der Waals surface area (Å²) in [4.78, 5) is 14.8. The molecular formula is C15H14ClN3O2. The van der Waals surface area contributed by atoms with E-state index < -0.39 is 4.92 Å². The molecule has 0 spiro atoms. The second-order valence-corrected chi connectivity index (χ2v) is 5.58. The molecule has 1 heterocycles. The van der Waals surface area contributed by atoms with Gasteiger partial charge in [-0.1, -0.05) is 23.7 Å². The molecule has 1 aromatic heterocycles. The van der Waals surface area contributed by atoms with Crippen LogP contribution in [0.1, 0.15) is 24.4 Å². The Morgan fingerprint density at radius 1 is 1.29 bits per heavy atom. The van der Waals surface area contributed by atoms with Crippen LogP contribution in [-0.2, 0) is 0 Å². The van der Waals surface area contributed by atoms with Crippen LogP contribution in [0, 0.1) is 16.0 Å². The molecule has 1 aromatic carbocycles. The van der Waals surface area contributed by atoms with E-state index >= 15 is 0 Å². The van der Waals surface area contributed by atoms with Crippen LogP contribution in [0.2, 0.25) is 5.02 Å². The van der Waals surface area contributed by atoms with Crippen molar-refractivity contribution in [3.8, 4) is 0 Å². The van der Waals surface area contributed by atoms with E-state index in [9.17, 15) is 10.1 Å². The lowest BCUT2D eigenvalue weighted by atomic mass is 10.0. The number of benzene rings is 1. The van der Waals surface area contributed by atoms with Crippen LogP contribution in [0.3, 0.4) is 0 Å². The maximum absolute atomic E-state index is 11.1. The lowest BCUT2D eigenvalue weighted by Crippen LogP contribution is -2.14. The molecule has 1 atom stereocenters. The first-order valence-corrected chi connectivity index (χ1v) is 7.14. The van der Waals surface area contributed by atoms with Crippen molar-refractivity contribution in [3.05, 3.63) is 63.3 Å². The van der Waals surface area contributed by atoms with Crippen molar-refractivity contribution in [1.82, 2.24) is 4.98 Å². The summed E-state index contributed by atoms with van der Waals surface area (Å²) in [6, 6.07) is 10.6. The minimum Gasteiger partial charge on any atom is -0.357 e. The predicted molar refractivity (Wildman–Crippen MR) is 81.4 cm³/mol. The van der Waals surface area contributed by atoms with Gasteiger partial charge in [-0.15, -0.1) is 0 Å². The van der Waals surface area contributed by atoms with Crippen molar-refractivity contribution >= 4 is 23.1 Å². The summed E-state index contributed by atoms with van der Waals surface area (Å²) in [7, 11) is 0. The van der Waals surface area contributed by atoms with Crippen molar-refractivity contribution in [1.29, 1.82) is 0 Å². The highest BCUT2D eigenvalue weighted by molar-refractivity contribution is 6.30. The number of halogens is 1. The van der Waals surface area contributed by atoms with Crippen molar-refractivity contribution in [2.45, 2.75) is 18.9 Å². The summed E-state index contributed by atoms with van der Waals surface area (Å²) in [5, 5.41) is 15.0. The van der Waals surface area contributed by atoms with Crippen molar-refractivity contribution < 1.29 is 4.92 Å². The number of rotatable bonds is 5. The van der Waals surface area contributed by atoms with Crippen LogP contribution in [-0.4, -0.2) is 9.91 Å². The second kappa shape index (κ2) is 5.69. The molecule has 0 unspecified atom stereocenters. The molecule has 21 heavy (non-hydrogen) atoms. The highest BCUT2D eigenvalue weighted by atomic mass is 35.5. The molecule has 1 saturated carbocycles. The molecule has 6 heteroatoms. The first-order chi connectivity index (χ1) is 10.1. The fourth-order valence-corrected chi connectivity index (χ4v) is 2.50. The van der Waals surface area contributed by atoms with E-state index in [0.717, 1.165) is 18.4 Å². The van der Waals surface area contributed by atoms with E-state index in [1.54, 1.807) is 12.3 Å². The number of nitrogens with zero attached hydrogens (tertiary/aromatic N) is 2. The van der Waals surface area contributed by atoms with E-state index in [4.69, 9.17) is 11.6 Å². The minimum absolute atomic E-state index is 0.00267. The van der Waals surface area contributed by atoms with Gasteiger partial charge in [0.1, 0.15) is 0 Å². The summed E-state index contributed by atoms with van der Waals surface area (Å²) in [6.45, 7) is 0. The highest BCUT2D eigenvalue weighted by Crippen LogP contribution is 2.43. The fraction of sp³-hybridized carbons (Fsp3) is 0.267. The average Bonchev–Trinajstić information content (AvgIpc) is 3.31. The molecule has 0 bridgehead atoms. The van der Waals surface area contributed by atoms with Crippen LogP contribution < -0.4 is 5.32 Å². The first-order valence-electron chi connectivity index (χ1n) is 6.76. The lowest BCUT2D eigenvalue weighted by molar-refractivity contribution is -0.384. The zero-order valence-electron chi connectivity index (χ0n) is 11.2. The third-order valence-corrected chi connectivity index (χ3v) is 3.85. The Morgan fingerprint density at radius 3 is 2.62 bits per heavy atom. The number of nitrogens with one attached hydrogen (secondary N) is 1. The van der Waals surface area contributed by atoms with Gasteiger partial charge in [-0.3, -0.25) is 10.1 Å². The lowest BCUT2D eigenvalue weighted by Gasteiger charge is -2.19. The van der Waals surface area contributed by atoms with Crippen LogP contribution >= 0.6 is 11.6 Å². The Morgan fingerprint density at radius 2 is 2.00 bits per heavy atom. The van der Waals surface area contributed by atoms with E-state index in [1.807, 2.05) is 24.3 Å². The Labute approximate surface area is 127 Å². The Kier molecular flexibility index (Phi) is 3.75. The molecule has 2 aromatic rings. The topological polar surface area (TPSA) is 68.1 Å². The van der Waals surface area contributed by atoms with E-state index in [1.165, 1.54) is 6.07 Å². The van der Waals surface area contributed by atoms with Gasteiger partial charge >= 0.3 is 5.69 Å². The van der Waals surface area contributed by atoms with Crippen molar-refractivity contribution in [2.24, 2.45) is 5.92 Å². The molecular weight excluding hydrogens is 290 g/mol. The number of hydrogen-bond donors (Lipinski definition) is 1. The summed E-state index contributed by atoms with van der Waals surface area (Å²) in [6.07, 6.45) is 3.78. The van der Waals surface area contributed by atoms with Crippen LogP contribution in [0.15, 0.2) is 42.6 Å². The van der Waals surface area contributed by atoms with Gasteiger partial charge in [0, 0.05) is 17.3 Å². The van der Waals surface area contributed by atoms with Gasteiger partial charge in [0.05, 0.1) is 11.0 Å². The number of pyridine rings is 1. The maximum atomic E-state index is 11.1. The highest BCUT2D eigenvalue weighted by Gasteiger charge is 2.33. The summed E-state index contributed by atoms with van der Waals surface area (Å²) < 4.78 is 0. The normalized spacial score (nSPS) is 15.5. The quantitative estimate of drug-likeness (QED) is 0.663. The fourth-order valence-electron chi connectivity index (χ4n) is 2.38. The number of aromatic nitrogens is 1. The molecule has 3 rings (SSSR count). The second-order valence-electron chi connectivity index (χ2n) is 5.14. The minimum atomic E-state index is -0.416. The van der Waals surface area contributed by atoms with Crippen LogP contribution in [0.25, 0.3) is 0 Å². The molecule has 1 N–H and O–H groups in total. The molecule has 0 aliphatic heterocycles. The SMILES string of the molecule is O=[N+]([O-])c1cccnc1N[C@@H](c1ccc(Cl)cc1)C1CC1. The van der Waals surface area contributed by atoms with E-state index in [2.05, 4.69) is 10.3 Å². The monoisotopic (exact) mass is 303 g/mol. The summed E-state index contributed by atoms with van der Waals surface area (Å²) >= 11 is 5.92. The molecule has 0 saturated heterocycles. The predicted octanol–water partition coefficient (Wildman–Crippen LogP) is 4.21. The third kappa shape index (κ3) is 3.13. The van der Waals surface area contributed by atoms with E-state index in [-0.39, 0.29) is 11.7 Å². The first kappa shape index (κ1) is 13.8. The summed E-state index contributed by atoms with van der Waals surface area (Å²) in [5.41, 5.74) is 1.07. The van der Waals surface area contributed by atoms with Gasteiger partial charge < -0.3 is 5.32 Å². The Hall–Kier alpha value is -2.14. The van der Waals surface area contributed by atoms with Gasteiger partial charge in [0.25, 0.3) is 0 Å². The number of nitro groups is 1. The van der Waals surface area contributed by atoms with Gasteiger partial charge in [0.15, 0.2) is 0 Å². The standard InChI is InChI=1S/C15H14ClN3O2/c16-12-7-5-11(6-8-12)14(10-3-4-10)18-15-13(19(20)21)2-1-9-17-15/h1-2,5-10,14H,3-4H2,(H,17,18)/t14-/m1/s1. The summed E-state index contributed by atoms with van der Waals surface area (Å²) in [5.74, 6) is 0.794. The van der Waals surface area contributed by atoms with Gasteiger partial charge in [-0.25, -0.2) is 4.98 Å². The average molecular weight is 304 g/mol. The van der Waals surface area contributed by atoms with Crippen molar-refractivity contribution in [3.63, 3.8) is 0 Å². The van der Waals surface area contributed by atoms with Crippen molar-refractivity contribution in [2.75, 3.05) is 5.32 Å². The van der Waals surface area contributed by atoms with Crippen LogP contribution in [0.5, 0.6) is 0 Å².